The first kappa shape index (κ1) is 24.9. The molecule has 2 N–H and O–H groups in total. The Hall–Kier alpha value is -2.73. The summed E-state index contributed by atoms with van der Waals surface area (Å²) in [6.45, 7) is 5.69. The van der Waals surface area contributed by atoms with Crippen molar-refractivity contribution in [2.45, 2.75) is 33.4 Å². The molecule has 10 heteroatoms. The average Bonchev–Trinajstić information content (AvgIpc) is 3.54. The number of thiophene rings is 1. The maximum Gasteiger partial charge on any atom is 0.226 e. The Morgan fingerprint density at radius 1 is 1.12 bits per heavy atom. The highest BCUT2D eigenvalue weighted by Gasteiger charge is 2.09. The lowest BCUT2D eigenvalue weighted by molar-refractivity contribution is 0.572. The number of oxazole rings is 1. The van der Waals surface area contributed by atoms with E-state index in [-0.39, 0.29) is 24.0 Å². The highest BCUT2D eigenvalue weighted by Crippen LogP contribution is 2.19. The minimum Gasteiger partial charge on any atom is -0.444 e. The molecule has 0 aliphatic carbocycles. The molecule has 1 aromatic carbocycles. The Kier molecular flexibility index (Phi) is 9.01. The van der Waals surface area contributed by atoms with E-state index in [2.05, 4.69) is 50.3 Å². The van der Waals surface area contributed by atoms with Crippen molar-refractivity contribution < 1.29 is 4.42 Å². The number of nitrogens with zero attached hydrogens (tertiary/aromatic N) is 5. The lowest BCUT2D eigenvalue weighted by atomic mass is 10.1. The molecule has 174 valence electrons. The van der Waals surface area contributed by atoms with Gasteiger partial charge < -0.3 is 19.6 Å². The van der Waals surface area contributed by atoms with Gasteiger partial charge >= 0.3 is 0 Å². The number of halogens is 1. The summed E-state index contributed by atoms with van der Waals surface area (Å²) >= 11 is 1.76. The van der Waals surface area contributed by atoms with Gasteiger partial charge in [-0.3, -0.25) is 0 Å². The molecular formula is C23H28IN7OS. The lowest BCUT2D eigenvalue weighted by Gasteiger charge is -2.12. The van der Waals surface area contributed by atoms with Crippen molar-refractivity contribution in [1.82, 2.24) is 30.4 Å². The van der Waals surface area contributed by atoms with Gasteiger partial charge in [-0.2, -0.15) is 0 Å². The summed E-state index contributed by atoms with van der Waals surface area (Å²) in [5, 5.41) is 17.2. The zero-order valence-corrected chi connectivity index (χ0v) is 22.1. The second-order valence-corrected chi connectivity index (χ2v) is 8.54. The van der Waals surface area contributed by atoms with Crippen LogP contribution in [0.1, 0.15) is 27.8 Å². The van der Waals surface area contributed by atoms with E-state index in [1.165, 1.54) is 10.4 Å². The van der Waals surface area contributed by atoms with Crippen LogP contribution in [-0.2, 0) is 26.6 Å². The molecule has 0 unspecified atom stereocenters. The number of aromatic nitrogens is 4. The van der Waals surface area contributed by atoms with E-state index < -0.39 is 0 Å². The van der Waals surface area contributed by atoms with Crippen molar-refractivity contribution in [2.75, 3.05) is 6.54 Å². The first-order chi connectivity index (χ1) is 15.6. The third-order valence-electron chi connectivity index (χ3n) is 5.09. The minimum absolute atomic E-state index is 0. The van der Waals surface area contributed by atoms with E-state index in [0.717, 1.165) is 35.9 Å². The summed E-state index contributed by atoms with van der Waals surface area (Å²) < 4.78 is 7.62. The maximum atomic E-state index is 5.66. The van der Waals surface area contributed by atoms with Crippen molar-refractivity contribution in [3.63, 3.8) is 0 Å². The summed E-state index contributed by atoms with van der Waals surface area (Å²) in [6.07, 6.45) is 2.59. The normalized spacial score (nSPS) is 11.3. The van der Waals surface area contributed by atoms with Crippen molar-refractivity contribution in [3.8, 4) is 11.5 Å². The molecule has 8 nitrogen and oxygen atoms in total. The lowest BCUT2D eigenvalue weighted by Crippen LogP contribution is -2.38. The Bertz CT molecular complexity index is 1170. The smallest absolute Gasteiger partial charge is 0.226 e. The Morgan fingerprint density at radius 2 is 1.94 bits per heavy atom. The molecule has 3 heterocycles. The number of benzene rings is 1. The molecule has 0 saturated carbocycles. The zero-order chi connectivity index (χ0) is 22.3. The fourth-order valence-corrected chi connectivity index (χ4v) is 3.78. The van der Waals surface area contributed by atoms with Crippen LogP contribution >= 0.6 is 35.3 Å². The number of nitrogens with one attached hydrogen (secondary N) is 2. The first-order valence-corrected chi connectivity index (χ1v) is 11.4. The average molecular weight is 577 g/mol. The summed E-state index contributed by atoms with van der Waals surface area (Å²) in [5.74, 6) is 3.02. The van der Waals surface area contributed by atoms with Crippen LogP contribution in [0.2, 0.25) is 0 Å². The Balaban J connectivity index is 0.00000306. The predicted molar refractivity (Wildman–Crippen MR) is 142 cm³/mol. The van der Waals surface area contributed by atoms with Crippen molar-refractivity contribution in [1.29, 1.82) is 0 Å². The van der Waals surface area contributed by atoms with E-state index in [0.29, 0.717) is 24.9 Å². The molecule has 33 heavy (non-hydrogen) atoms. The number of guanidine groups is 1. The van der Waals surface area contributed by atoms with Crippen LogP contribution in [0.25, 0.3) is 11.5 Å². The van der Waals surface area contributed by atoms with E-state index in [4.69, 9.17) is 9.41 Å². The van der Waals surface area contributed by atoms with Crippen molar-refractivity contribution in [3.05, 3.63) is 75.8 Å². The summed E-state index contributed by atoms with van der Waals surface area (Å²) in [4.78, 5) is 10.6. The fourth-order valence-electron chi connectivity index (χ4n) is 3.07. The molecule has 0 saturated heterocycles. The SMILES string of the molecule is Cc1ccc(-c2nc(CN=C(NCCc3cccs3)NCc3nnc(C)n3C)co2)cc1.I. The number of hydrogen-bond acceptors (Lipinski definition) is 6. The summed E-state index contributed by atoms with van der Waals surface area (Å²) in [7, 11) is 1.95. The van der Waals surface area contributed by atoms with Gasteiger partial charge in [0.25, 0.3) is 0 Å². The van der Waals surface area contributed by atoms with Gasteiger partial charge in [-0.05, 0) is 43.8 Å². The molecule has 0 fully saturated rings. The van der Waals surface area contributed by atoms with E-state index >= 15 is 0 Å². The maximum absolute atomic E-state index is 5.66. The molecule has 0 atom stereocenters. The molecule has 0 radical (unpaired) electrons. The molecule has 0 amide bonds. The Morgan fingerprint density at radius 3 is 2.64 bits per heavy atom. The van der Waals surface area contributed by atoms with Gasteiger partial charge in [0.05, 0.1) is 13.1 Å². The molecule has 0 aliphatic rings. The Labute approximate surface area is 214 Å². The third kappa shape index (κ3) is 6.87. The monoisotopic (exact) mass is 577 g/mol. The first-order valence-electron chi connectivity index (χ1n) is 10.5. The summed E-state index contributed by atoms with van der Waals surface area (Å²) in [6, 6.07) is 12.3. The zero-order valence-electron chi connectivity index (χ0n) is 18.9. The standard InChI is InChI=1S/C23H27N7OS.HI/c1-16-6-8-18(9-7-16)22-27-19(15-31-22)13-25-23(24-11-10-20-5-4-12-32-20)26-14-21-29-28-17(2)30(21)3;/h4-9,12,15H,10-11,13-14H2,1-3H3,(H2,24,25,26);1H. The van der Waals surface area contributed by atoms with Crippen LogP contribution in [0.4, 0.5) is 0 Å². The van der Waals surface area contributed by atoms with E-state index in [9.17, 15) is 0 Å². The third-order valence-corrected chi connectivity index (χ3v) is 6.03. The molecule has 3 aromatic heterocycles. The number of aliphatic imine (C=N–C) groups is 1. The fraction of sp³-hybridized carbons (Fsp3) is 0.304. The van der Waals surface area contributed by atoms with Gasteiger partial charge in [0, 0.05) is 24.0 Å². The van der Waals surface area contributed by atoms with Crippen LogP contribution in [0, 0.1) is 13.8 Å². The van der Waals surface area contributed by atoms with E-state index in [1.54, 1.807) is 17.6 Å². The van der Waals surface area contributed by atoms with Crippen LogP contribution in [0.15, 0.2) is 57.5 Å². The largest absolute Gasteiger partial charge is 0.444 e. The molecule has 4 aromatic rings. The van der Waals surface area contributed by atoms with Gasteiger partial charge in [-0.25, -0.2) is 9.98 Å². The number of hydrogen-bond donors (Lipinski definition) is 2. The molecule has 0 aliphatic heterocycles. The van der Waals surface area contributed by atoms with E-state index in [1.807, 2.05) is 42.8 Å². The molecule has 0 bridgehead atoms. The van der Waals surface area contributed by atoms with Crippen LogP contribution < -0.4 is 10.6 Å². The second kappa shape index (κ2) is 11.9. The van der Waals surface area contributed by atoms with Crippen molar-refractivity contribution in [2.24, 2.45) is 12.0 Å². The van der Waals surface area contributed by atoms with Crippen LogP contribution in [0.3, 0.4) is 0 Å². The molecular weight excluding hydrogens is 549 g/mol. The second-order valence-electron chi connectivity index (χ2n) is 7.51. The van der Waals surface area contributed by atoms with Gasteiger partial charge in [-0.1, -0.05) is 23.8 Å². The highest BCUT2D eigenvalue weighted by molar-refractivity contribution is 14.0. The van der Waals surface area contributed by atoms with Gasteiger partial charge in [0.1, 0.15) is 17.8 Å². The summed E-state index contributed by atoms with van der Waals surface area (Å²) in [5.41, 5.74) is 2.93. The highest BCUT2D eigenvalue weighted by atomic mass is 127. The predicted octanol–water partition coefficient (Wildman–Crippen LogP) is 4.24. The van der Waals surface area contributed by atoms with Crippen LogP contribution in [-0.4, -0.2) is 32.3 Å². The quantitative estimate of drug-likeness (QED) is 0.185. The van der Waals surface area contributed by atoms with Gasteiger partial charge in [0.2, 0.25) is 5.89 Å². The molecule has 4 rings (SSSR count). The molecule has 0 spiro atoms. The topological polar surface area (TPSA) is 93.2 Å². The van der Waals surface area contributed by atoms with Gasteiger partial charge in [-0.15, -0.1) is 45.5 Å². The van der Waals surface area contributed by atoms with Crippen LogP contribution in [0.5, 0.6) is 0 Å². The number of rotatable bonds is 8. The minimum atomic E-state index is 0. The van der Waals surface area contributed by atoms with Crippen molar-refractivity contribution >= 4 is 41.3 Å². The van der Waals surface area contributed by atoms with Gasteiger partial charge in [0.15, 0.2) is 11.8 Å². The number of aryl methyl sites for hydroxylation is 2.